The van der Waals surface area contributed by atoms with Gasteiger partial charge in [0.2, 0.25) is 12.7 Å². The second kappa shape index (κ2) is 8.33. The van der Waals surface area contributed by atoms with Gasteiger partial charge in [-0.1, -0.05) is 37.6 Å². The van der Waals surface area contributed by atoms with Crippen molar-refractivity contribution in [3.8, 4) is 11.5 Å². The van der Waals surface area contributed by atoms with Gasteiger partial charge in [0.15, 0.2) is 11.5 Å². The van der Waals surface area contributed by atoms with Crippen molar-refractivity contribution in [2.75, 3.05) is 13.8 Å². The quantitative estimate of drug-likeness (QED) is 0.833. The fraction of sp³-hybridized carbons (Fsp3) is 0.364. The van der Waals surface area contributed by atoms with Crippen LogP contribution in [0, 0.1) is 12.8 Å². The topological polar surface area (TPSA) is 67.9 Å². The number of likely N-dealkylation sites (N-methyl/N-ethyl adjacent to an activating group) is 1. The predicted molar refractivity (Wildman–Crippen MR) is 106 cm³/mol. The number of aryl methyl sites for hydroxylation is 1. The van der Waals surface area contributed by atoms with E-state index in [0.29, 0.717) is 23.6 Å². The van der Waals surface area contributed by atoms with Crippen molar-refractivity contribution in [1.82, 2.24) is 10.2 Å². The van der Waals surface area contributed by atoms with Crippen molar-refractivity contribution in [2.45, 2.75) is 33.4 Å². The minimum Gasteiger partial charge on any atom is -0.454 e. The monoisotopic (exact) mass is 382 g/mol. The Hall–Kier alpha value is -3.02. The standard InChI is InChI=1S/C22H26N2O4/c1-14(2)20(23-21(25)17-7-5-6-15(3)10-17)22(26)24(4)12-16-8-9-18-19(11-16)28-13-27-18/h5-11,14,20H,12-13H2,1-4H3,(H,23,25). The van der Waals surface area contributed by atoms with E-state index >= 15 is 0 Å². The Labute approximate surface area is 165 Å². The molecule has 1 aliphatic heterocycles. The molecule has 1 atom stereocenters. The van der Waals surface area contributed by atoms with Crippen molar-refractivity contribution in [2.24, 2.45) is 5.92 Å². The van der Waals surface area contributed by atoms with E-state index in [2.05, 4.69) is 5.32 Å². The fourth-order valence-corrected chi connectivity index (χ4v) is 3.15. The Morgan fingerprint density at radius 3 is 2.57 bits per heavy atom. The molecule has 0 saturated carbocycles. The maximum absolute atomic E-state index is 13.0. The van der Waals surface area contributed by atoms with Gasteiger partial charge in [-0.05, 0) is 42.7 Å². The molecule has 0 fully saturated rings. The molecule has 1 heterocycles. The maximum atomic E-state index is 13.0. The Balaban J connectivity index is 1.69. The number of carbonyl (C=O) groups is 2. The third-order valence-electron chi connectivity index (χ3n) is 4.73. The molecule has 2 aromatic rings. The van der Waals surface area contributed by atoms with Gasteiger partial charge in [0, 0.05) is 19.2 Å². The average Bonchev–Trinajstić information content (AvgIpc) is 3.12. The van der Waals surface area contributed by atoms with Gasteiger partial charge in [-0.15, -0.1) is 0 Å². The lowest BCUT2D eigenvalue weighted by Gasteiger charge is -2.27. The normalized spacial score (nSPS) is 13.3. The number of benzene rings is 2. The summed E-state index contributed by atoms with van der Waals surface area (Å²) in [6.07, 6.45) is 0. The molecule has 148 valence electrons. The summed E-state index contributed by atoms with van der Waals surface area (Å²) in [5.41, 5.74) is 2.49. The van der Waals surface area contributed by atoms with Gasteiger partial charge < -0.3 is 19.7 Å². The Morgan fingerprint density at radius 1 is 1.11 bits per heavy atom. The van der Waals surface area contributed by atoms with E-state index < -0.39 is 6.04 Å². The lowest BCUT2D eigenvalue weighted by Crippen LogP contribution is -2.50. The molecule has 0 aromatic heterocycles. The van der Waals surface area contributed by atoms with Crippen molar-refractivity contribution >= 4 is 11.8 Å². The molecule has 1 N–H and O–H groups in total. The lowest BCUT2D eigenvalue weighted by molar-refractivity contribution is -0.133. The number of hydrogen-bond acceptors (Lipinski definition) is 4. The van der Waals surface area contributed by atoms with Gasteiger partial charge in [-0.2, -0.15) is 0 Å². The average molecular weight is 382 g/mol. The van der Waals surface area contributed by atoms with Crippen LogP contribution in [0.4, 0.5) is 0 Å². The van der Waals surface area contributed by atoms with Crippen molar-refractivity contribution in [1.29, 1.82) is 0 Å². The molecule has 0 bridgehead atoms. The van der Waals surface area contributed by atoms with Crippen LogP contribution >= 0.6 is 0 Å². The molecule has 1 aliphatic rings. The van der Waals surface area contributed by atoms with E-state index in [4.69, 9.17) is 9.47 Å². The predicted octanol–water partition coefficient (Wildman–Crippen LogP) is 3.14. The smallest absolute Gasteiger partial charge is 0.251 e. The second-order valence-electron chi connectivity index (χ2n) is 7.45. The summed E-state index contributed by atoms with van der Waals surface area (Å²) in [5, 5.41) is 2.89. The summed E-state index contributed by atoms with van der Waals surface area (Å²) >= 11 is 0. The summed E-state index contributed by atoms with van der Waals surface area (Å²) in [6, 6.07) is 12.4. The van der Waals surface area contributed by atoms with Crippen LogP contribution < -0.4 is 14.8 Å². The van der Waals surface area contributed by atoms with Crippen LogP contribution in [0.25, 0.3) is 0 Å². The van der Waals surface area contributed by atoms with Crippen LogP contribution in [0.3, 0.4) is 0 Å². The molecule has 0 radical (unpaired) electrons. The maximum Gasteiger partial charge on any atom is 0.251 e. The van der Waals surface area contributed by atoms with Crippen molar-refractivity contribution < 1.29 is 19.1 Å². The van der Waals surface area contributed by atoms with Crippen LogP contribution in [0.15, 0.2) is 42.5 Å². The number of fused-ring (bicyclic) bond motifs is 1. The minimum absolute atomic E-state index is 0.0412. The number of ether oxygens (including phenoxy) is 2. The third kappa shape index (κ3) is 4.44. The summed E-state index contributed by atoms with van der Waals surface area (Å²) in [5.74, 6) is 0.982. The molecule has 3 rings (SSSR count). The first kappa shape index (κ1) is 19.7. The van der Waals surface area contributed by atoms with Gasteiger partial charge in [0.25, 0.3) is 5.91 Å². The van der Waals surface area contributed by atoms with Gasteiger partial charge in [-0.25, -0.2) is 0 Å². The Morgan fingerprint density at radius 2 is 1.86 bits per heavy atom. The first-order chi connectivity index (χ1) is 13.3. The van der Waals surface area contributed by atoms with E-state index in [9.17, 15) is 9.59 Å². The summed E-state index contributed by atoms with van der Waals surface area (Å²) in [6.45, 7) is 6.41. The molecule has 6 heteroatoms. The summed E-state index contributed by atoms with van der Waals surface area (Å²) in [4.78, 5) is 27.2. The Bertz CT molecular complexity index is 879. The SMILES string of the molecule is Cc1cccc(C(=O)NC(C(=O)N(C)Cc2ccc3c(c2)OCO3)C(C)C)c1. The van der Waals surface area contributed by atoms with Gasteiger partial charge >= 0.3 is 0 Å². The van der Waals surface area contributed by atoms with Gasteiger partial charge in [0.05, 0.1) is 0 Å². The highest BCUT2D eigenvalue weighted by molar-refractivity contribution is 5.97. The zero-order valence-electron chi connectivity index (χ0n) is 16.7. The zero-order chi connectivity index (χ0) is 20.3. The van der Waals surface area contributed by atoms with E-state index in [1.165, 1.54) is 0 Å². The number of nitrogens with one attached hydrogen (secondary N) is 1. The summed E-state index contributed by atoms with van der Waals surface area (Å²) < 4.78 is 10.7. The third-order valence-corrected chi connectivity index (χ3v) is 4.73. The minimum atomic E-state index is -0.605. The molecule has 28 heavy (non-hydrogen) atoms. The van der Waals surface area contributed by atoms with E-state index in [1.807, 2.05) is 57.2 Å². The van der Waals surface area contributed by atoms with Crippen LogP contribution in [-0.4, -0.2) is 36.6 Å². The highest BCUT2D eigenvalue weighted by Gasteiger charge is 2.27. The molecule has 6 nitrogen and oxygen atoms in total. The van der Waals surface area contributed by atoms with Crippen molar-refractivity contribution in [3.63, 3.8) is 0 Å². The number of amides is 2. The molecule has 2 amide bonds. The molecule has 1 unspecified atom stereocenters. The van der Waals surface area contributed by atoms with Crippen molar-refractivity contribution in [3.05, 3.63) is 59.2 Å². The van der Waals surface area contributed by atoms with Crippen LogP contribution in [0.2, 0.25) is 0 Å². The number of hydrogen-bond donors (Lipinski definition) is 1. The fourth-order valence-electron chi connectivity index (χ4n) is 3.15. The largest absolute Gasteiger partial charge is 0.454 e. The lowest BCUT2D eigenvalue weighted by atomic mass is 10.0. The van der Waals surface area contributed by atoms with Gasteiger partial charge in [-0.3, -0.25) is 9.59 Å². The molecular formula is C22H26N2O4. The number of rotatable bonds is 6. The summed E-state index contributed by atoms with van der Waals surface area (Å²) in [7, 11) is 1.74. The highest BCUT2D eigenvalue weighted by Crippen LogP contribution is 2.32. The Kier molecular flexibility index (Phi) is 5.87. The highest BCUT2D eigenvalue weighted by atomic mass is 16.7. The molecule has 0 saturated heterocycles. The molecule has 2 aromatic carbocycles. The van der Waals surface area contributed by atoms with E-state index in [1.54, 1.807) is 18.0 Å². The van der Waals surface area contributed by atoms with Crippen LogP contribution in [-0.2, 0) is 11.3 Å². The number of carbonyl (C=O) groups excluding carboxylic acids is 2. The first-order valence-corrected chi connectivity index (χ1v) is 9.36. The second-order valence-corrected chi connectivity index (χ2v) is 7.45. The van der Waals surface area contributed by atoms with Gasteiger partial charge in [0.1, 0.15) is 6.04 Å². The van der Waals surface area contributed by atoms with E-state index in [-0.39, 0.29) is 24.5 Å². The zero-order valence-corrected chi connectivity index (χ0v) is 16.7. The molecule has 0 aliphatic carbocycles. The van der Waals surface area contributed by atoms with Crippen LogP contribution in [0.1, 0.15) is 35.3 Å². The molecule has 0 spiro atoms. The first-order valence-electron chi connectivity index (χ1n) is 9.36. The number of nitrogens with zero attached hydrogens (tertiary/aromatic N) is 1. The molecular weight excluding hydrogens is 356 g/mol. The van der Waals surface area contributed by atoms with E-state index in [0.717, 1.165) is 11.1 Å². The van der Waals surface area contributed by atoms with Crippen LogP contribution in [0.5, 0.6) is 11.5 Å².